The van der Waals surface area contributed by atoms with Gasteiger partial charge in [-0.3, -0.25) is 0 Å². The molecule has 122 valence electrons. The Labute approximate surface area is 136 Å². The Morgan fingerprint density at radius 2 is 1.45 bits per heavy atom. The minimum Gasteiger partial charge on any atom is -0.356 e. The first-order valence-electron chi connectivity index (χ1n) is 9.05. The molecule has 0 saturated carbocycles. The zero-order valence-corrected chi connectivity index (χ0v) is 14.4. The van der Waals surface area contributed by atoms with E-state index in [2.05, 4.69) is 66.4 Å². The van der Waals surface area contributed by atoms with E-state index in [1.807, 2.05) is 0 Å². The number of hydrogen-bond acceptors (Lipinski definition) is 2. The molecule has 0 N–H and O–H groups in total. The van der Waals surface area contributed by atoms with Crippen molar-refractivity contribution in [2.24, 2.45) is 0 Å². The fourth-order valence-electron chi connectivity index (χ4n) is 3.10. The van der Waals surface area contributed by atoms with E-state index >= 15 is 0 Å². The van der Waals surface area contributed by atoms with Gasteiger partial charge in [0.2, 0.25) is 0 Å². The van der Waals surface area contributed by atoms with Gasteiger partial charge < -0.3 is 9.80 Å². The molecule has 0 saturated heterocycles. The highest BCUT2D eigenvalue weighted by molar-refractivity contribution is 5.15. The Morgan fingerprint density at radius 3 is 2.18 bits per heavy atom. The van der Waals surface area contributed by atoms with Crippen molar-refractivity contribution in [2.45, 2.75) is 71.5 Å². The fraction of sp³-hybridized carbons (Fsp3) is 0.600. The smallest absolute Gasteiger partial charge is 0.0981 e. The molecule has 1 aromatic rings. The van der Waals surface area contributed by atoms with E-state index in [9.17, 15) is 0 Å². The molecule has 1 atom stereocenters. The van der Waals surface area contributed by atoms with E-state index in [0.717, 1.165) is 6.54 Å². The molecule has 1 heterocycles. The monoisotopic (exact) mass is 300 g/mol. The number of unbranched alkanes of at least 4 members (excludes halogenated alkanes) is 6. The van der Waals surface area contributed by atoms with Gasteiger partial charge in [-0.05, 0) is 18.9 Å². The van der Waals surface area contributed by atoms with Gasteiger partial charge in [0.25, 0.3) is 0 Å². The van der Waals surface area contributed by atoms with Gasteiger partial charge in [-0.25, -0.2) is 0 Å². The highest BCUT2D eigenvalue weighted by atomic mass is 15.4. The Hall–Kier alpha value is -1.44. The molecule has 1 aliphatic heterocycles. The van der Waals surface area contributed by atoms with Gasteiger partial charge in [0.15, 0.2) is 0 Å². The van der Waals surface area contributed by atoms with Crippen LogP contribution in [-0.4, -0.2) is 22.5 Å². The molecular formula is C20H32N2. The molecular weight excluding hydrogens is 268 g/mol. The summed E-state index contributed by atoms with van der Waals surface area (Å²) in [6.07, 6.45) is 14.7. The van der Waals surface area contributed by atoms with Crippen LogP contribution in [0.2, 0.25) is 0 Å². The Bertz CT molecular complexity index is 427. The molecule has 0 fully saturated rings. The fourth-order valence-corrected chi connectivity index (χ4v) is 3.10. The number of hydrogen-bond donors (Lipinski definition) is 0. The first kappa shape index (κ1) is 16.9. The van der Waals surface area contributed by atoms with Gasteiger partial charge in [0.1, 0.15) is 0 Å². The molecule has 2 heteroatoms. The summed E-state index contributed by atoms with van der Waals surface area (Å²) in [5.41, 5.74) is 1.39. The molecule has 2 nitrogen and oxygen atoms in total. The molecule has 2 rings (SSSR count). The van der Waals surface area contributed by atoms with Crippen LogP contribution in [0.25, 0.3) is 0 Å². The average Bonchev–Trinajstić information content (AvgIpc) is 2.88. The summed E-state index contributed by atoms with van der Waals surface area (Å²) in [6, 6.07) is 10.7. The van der Waals surface area contributed by atoms with Crippen LogP contribution in [0.3, 0.4) is 0 Å². The van der Waals surface area contributed by atoms with Gasteiger partial charge in [-0.2, -0.15) is 0 Å². The van der Waals surface area contributed by atoms with Crippen molar-refractivity contribution in [2.75, 3.05) is 6.54 Å². The van der Waals surface area contributed by atoms with Crippen molar-refractivity contribution in [3.05, 3.63) is 48.3 Å². The number of benzene rings is 1. The largest absolute Gasteiger partial charge is 0.356 e. The highest BCUT2D eigenvalue weighted by Gasteiger charge is 2.20. The second-order valence-electron chi connectivity index (χ2n) is 6.45. The Kier molecular flexibility index (Phi) is 7.35. The minimum absolute atomic E-state index is 0.486. The number of rotatable bonds is 10. The van der Waals surface area contributed by atoms with Crippen molar-refractivity contribution < 1.29 is 0 Å². The van der Waals surface area contributed by atoms with E-state index in [4.69, 9.17) is 0 Å². The minimum atomic E-state index is 0.486. The second kappa shape index (κ2) is 9.55. The predicted molar refractivity (Wildman–Crippen MR) is 95.3 cm³/mol. The van der Waals surface area contributed by atoms with E-state index in [1.54, 1.807) is 0 Å². The molecule has 0 radical (unpaired) electrons. The van der Waals surface area contributed by atoms with Crippen LogP contribution in [0.5, 0.6) is 0 Å². The molecule has 22 heavy (non-hydrogen) atoms. The van der Waals surface area contributed by atoms with Crippen LogP contribution in [0, 0.1) is 0 Å². The first-order valence-corrected chi connectivity index (χ1v) is 9.05. The van der Waals surface area contributed by atoms with Crippen LogP contribution in [0.15, 0.2) is 42.7 Å². The molecule has 0 spiro atoms. The lowest BCUT2D eigenvalue weighted by molar-refractivity contribution is 0.162. The van der Waals surface area contributed by atoms with E-state index in [-0.39, 0.29) is 0 Å². The lowest BCUT2D eigenvalue weighted by atomic mass is 10.1. The van der Waals surface area contributed by atoms with Crippen LogP contribution >= 0.6 is 0 Å². The van der Waals surface area contributed by atoms with Gasteiger partial charge in [-0.15, -0.1) is 0 Å². The summed E-state index contributed by atoms with van der Waals surface area (Å²) in [7, 11) is 0. The summed E-state index contributed by atoms with van der Waals surface area (Å²) in [6.45, 7) is 6.79. The standard InChI is InChI=1S/C20H32N2/c1-3-4-5-6-7-8-12-15-21-16-17-22(19(21)2)18-20-13-10-9-11-14-20/h9-11,13-14,16-17,19H,3-8,12,15,18H2,1-2H3. The van der Waals surface area contributed by atoms with Gasteiger partial charge in [-0.1, -0.05) is 75.8 Å². The lowest BCUT2D eigenvalue weighted by Crippen LogP contribution is -2.36. The van der Waals surface area contributed by atoms with Gasteiger partial charge in [0, 0.05) is 25.5 Å². The summed E-state index contributed by atoms with van der Waals surface area (Å²) >= 11 is 0. The van der Waals surface area contributed by atoms with Gasteiger partial charge >= 0.3 is 0 Å². The third-order valence-electron chi connectivity index (χ3n) is 4.64. The topological polar surface area (TPSA) is 6.48 Å². The van der Waals surface area contributed by atoms with Crippen molar-refractivity contribution in [3.63, 3.8) is 0 Å². The SMILES string of the molecule is CCCCCCCCCN1C=CN(Cc2ccccc2)C1C. The molecule has 0 aromatic heterocycles. The predicted octanol–water partition coefficient (Wildman–Crippen LogP) is 5.37. The molecule has 0 bridgehead atoms. The summed E-state index contributed by atoms with van der Waals surface area (Å²) in [5, 5.41) is 0. The van der Waals surface area contributed by atoms with E-state index in [1.165, 1.54) is 57.1 Å². The molecule has 1 unspecified atom stereocenters. The summed E-state index contributed by atoms with van der Waals surface area (Å²) < 4.78 is 0. The quantitative estimate of drug-likeness (QED) is 0.536. The van der Waals surface area contributed by atoms with Crippen molar-refractivity contribution in [1.82, 2.24) is 9.80 Å². The molecule has 1 aromatic carbocycles. The van der Waals surface area contributed by atoms with Crippen molar-refractivity contribution >= 4 is 0 Å². The molecule has 0 aliphatic carbocycles. The van der Waals surface area contributed by atoms with Crippen molar-refractivity contribution in [1.29, 1.82) is 0 Å². The average molecular weight is 300 g/mol. The van der Waals surface area contributed by atoms with Crippen LogP contribution in [0.1, 0.15) is 64.4 Å². The first-order chi connectivity index (χ1) is 10.8. The summed E-state index contributed by atoms with van der Waals surface area (Å²) in [5.74, 6) is 0. The Morgan fingerprint density at radius 1 is 0.818 bits per heavy atom. The normalized spacial score (nSPS) is 17.5. The third kappa shape index (κ3) is 5.40. The Balaban J connectivity index is 1.62. The highest BCUT2D eigenvalue weighted by Crippen LogP contribution is 2.19. The van der Waals surface area contributed by atoms with Crippen LogP contribution in [0.4, 0.5) is 0 Å². The maximum Gasteiger partial charge on any atom is 0.0981 e. The van der Waals surface area contributed by atoms with Crippen LogP contribution in [-0.2, 0) is 6.54 Å². The maximum atomic E-state index is 2.48. The zero-order chi connectivity index (χ0) is 15.6. The van der Waals surface area contributed by atoms with Gasteiger partial charge in [0.05, 0.1) is 6.17 Å². The zero-order valence-electron chi connectivity index (χ0n) is 14.4. The third-order valence-corrected chi connectivity index (χ3v) is 4.64. The van der Waals surface area contributed by atoms with E-state index in [0.29, 0.717) is 6.17 Å². The van der Waals surface area contributed by atoms with E-state index < -0.39 is 0 Å². The number of nitrogens with zero attached hydrogens (tertiary/aromatic N) is 2. The molecule has 0 amide bonds. The van der Waals surface area contributed by atoms with Crippen LogP contribution < -0.4 is 0 Å². The van der Waals surface area contributed by atoms with Crippen molar-refractivity contribution in [3.8, 4) is 0 Å². The molecule has 1 aliphatic rings. The lowest BCUT2D eigenvalue weighted by Gasteiger charge is -2.30. The second-order valence-corrected chi connectivity index (χ2v) is 6.45. The summed E-state index contributed by atoms with van der Waals surface area (Å²) in [4.78, 5) is 4.91. The maximum absolute atomic E-state index is 2.48.